The Balaban J connectivity index is 0.00000361. The molecule has 2 aliphatic heterocycles. The molecule has 4 rings (SSSR count). The summed E-state index contributed by atoms with van der Waals surface area (Å²) in [5, 5.41) is 4.09. The minimum Gasteiger partial charge on any atom is -0.493 e. The van der Waals surface area contributed by atoms with Gasteiger partial charge < -0.3 is 23.8 Å². The number of carbonyl (C=O) groups is 2. The minimum absolute atomic E-state index is 0. The molecule has 2 saturated heterocycles. The Hall–Kier alpha value is -2.85. The number of rotatable bonds is 9. The lowest BCUT2D eigenvalue weighted by Gasteiger charge is -2.34. The van der Waals surface area contributed by atoms with Gasteiger partial charge in [-0.15, -0.1) is 12.4 Å². The van der Waals surface area contributed by atoms with Gasteiger partial charge in [-0.05, 0) is 37.0 Å². The van der Waals surface area contributed by atoms with Crippen molar-refractivity contribution in [3.8, 4) is 11.5 Å². The molecule has 0 spiro atoms. The fraction of sp³-hybridized carbons (Fsp3) is 0.600. The maximum atomic E-state index is 12.8. The number of carbonyl (C=O) groups excluding carboxylic acids is 2. The highest BCUT2D eigenvalue weighted by molar-refractivity contribution is 5.85. The van der Waals surface area contributed by atoms with Crippen LogP contribution in [0.3, 0.4) is 0 Å². The number of halogens is 1. The zero-order valence-electron chi connectivity index (χ0n) is 21.1. The molecule has 36 heavy (non-hydrogen) atoms. The molecule has 0 atom stereocenters. The fourth-order valence-corrected chi connectivity index (χ4v) is 4.60. The van der Waals surface area contributed by atoms with Gasteiger partial charge in [0.05, 0.1) is 27.2 Å². The van der Waals surface area contributed by atoms with E-state index in [1.165, 1.54) is 6.42 Å². The summed E-state index contributed by atoms with van der Waals surface area (Å²) in [4.78, 5) is 35.6. The van der Waals surface area contributed by atoms with Crippen molar-refractivity contribution in [1.29, 1.82) is 0 Å². The summed E-state index contributed by atoms with van der Waals surface area (Å²) in [7, 11) is 3.18. The van der Waals surface area contributed by atoms with E-state index in [9.17, 15) is 9.59 Å². The second-order valence-corrected chi connectivity index (χ2v) is 9.07. The summed E-state index contributed by atoms with van der Waals surface area (Å²) >= 11 is 0. The maximum absolute atomic E-state index is 12.8. The van der Waals surface area contributed by atoms with Crippen molar-refractivity contribution in [2.45, 2.75) is 45.1 Å². The molecule has 0 N–H and O–H groups in total. The molecule has 0 radical (unpaired) electrons. The zero-order chi connectivity index (χ0) is 24.6. The number of hydrogen-bond acceptors (Lipinski definition) is 8. The lowest BCUT2D eigenvalue weighted by atomic mass is 10.1. The topological polar surface area (TPSA) is 101 Å². The second-order valence-electron chi connectivity index (χ2n) is 9.07. The quantitative estimate of drug-likeness (QED) is 0.495. The largest absolute Gasteiger partial charge is 0.493 e. The van der Waals surface area contributed by atoms with Crippen molar-refractivity contribution < 1.29 is 23.6 Å². The van der Waals surface area contributed by atoms with Crippen LogP contribution in [0.4, 0.5) is 0 Å². The number of piperidine rings is 1. The van der Waals surface area contributed by atoms with E-state index < -0.39 is 0 Å². The average molecular weight is 522 g/mol. The van der Waals surface area contributed by atoms with Gasteiger partial charge in [-0.1, -0.05) is 11.2 Å². The van der Waals surface area contributed by atoms with Crippen LogP contribution in [0.5, 0.6) is 11.5 Å². The Morgan fingerprint density at radius 1 is 0.917 bits per heavy atom. The van der Waals surface area contributed by atoms with E-state index >= 15 is 0 Å². The van der Waals surface area contributed by atoms with Gasteiger partial charge in [-0.2, -0.15) is 4.98 Å². The van der Waals surface area contributed by atoms with Gasteiger partial charge >= 0.3 is 0 Å². The lowest BCUT2D eigenvalue weighted by Crippen LogP contribution is -2.48. The van der Waals surface area contributed by atoms with E-state index in [-0.39, 0.29) is 24.2 Å². The van der Waals surface area contributed by atoms with Crippen LogP contribution in [0, 0.1) is 0 Å². The van der Waals surface area contributed by atoms with Crippen molar-refractivity contribution in [3.05, 3.63) is 35.5 Å². The number of hydrogen-bond donors (Lipinski definition) is 0. The highest BCUT2D eigenvalue weighted by atomic mass is 35.5. The molecule has 0 saturated carbocycles. The summed E-state index contributed by atoms with van der Waals surface area (Å²) in [5.74, 6) is 2.66. The smallest absolute Gasteiger partial charge is 0.227 e. The summed E-state index contributed by atoms with van der Waals surface area (Å²) in [5.41, 5.74) is 0.896. The molecular formula is C25H36ClN5O5. The van der Waals surface area contributed by atoms with Crippen LogP contribution in [0.25, 0.3) is 0 Å². The SMILES string of the molecule is COc1ccc(CC(=O)N2CCN(Cc3noc(CCC(=O)N4CCCCC4)n3)CC2)cc1OC.Cl. The fourth-order valence-electron chi connectivity index (χ4n) is 4.60. The minimum atomic E-state index is 0. The van der Waals surface area contributed by atoms with Gasteiger partial charge in [0.15, 0.2) is 17.3 Å². The molecule has 10 nitrogen and oxygen atoms in total. The van der Waals surface area contributed by atoms with Gasteiger partial charge in [0.25, 0.3) is 0 Å². The van der Waals surface area contributed by atoms with Gasteiger partial charge in [-0.3, -0.25) is 14.5 Å². The first-order valence-electron chi connectivity index (χ1n) is 12.4. The summed E-state index contributed by atoms with van der Waals surface area (Å²) in [6.07, 6.45) is 4.59. The third kappa shape index (κ3) is 7.33. The van der Waals surface area contributed by atoms with E-state index in [4.69, 9.17) is 14.0 Å². The number of aromatic nitrogens is 2. The van der Waals surface area contributed by atoms with Crippen LogP contribution >= 0.6 is 12.4 Å². The predicted octanol–water partition coefficient (Wildman–Crippen LogP) is 2.34. The molecule has 0 bridgehead atoms. The molecule has 1 aromatic carbocycles. The van der Waals surface area contributed by atoms with Crippen LogP contribution in [-0.2, 0) is 29.0 Å². The highest BCUT2D eigenvalue weighted by Crippen LogP contribution is 2.28. The third-order valence-corrected chi connectivity index (χ3v) is 6.66. The van der Waals surface area contributed by atoms with Gasteiger partial charge in [0.1, 0.15) is 0 Å². The summed E-state index contributed by atoms with van der Waals surface area (Å²) in [6.45, 7) is 5.08. The molecule has 2 amide bonds. The van der Waals surface area contributed by atoms with E-state index in [1.807, 2.05) is 28.0 Å². The molecule has 2 aliphatic rings. The number of nitrogens with zero attached hydrogens (tertiary/aromatic N) is 5. The van der Waals surface area contributed by atoms with E-state index in [0.29, 0.717) is 62.1 Å². The van der Waals surface area contributed by atoms with Crippen molar-refractivity contribution in [2.24, 2.45) is 0 Å². The van der Waals surface area contributed by atoms with Crippen LogP contribution < -0.4 is 9.47 Å². The van der Waals surface area contributed by atoms with Crippen molar-refractivity contribution in [3.63, 3.8) is 0 Å². The van der Waals surface area contributed by atoms with Crippen LogP contribution in [0.15, 0.2) is 22.7 Å². The van der Waals surface area contributed by atoms with Gasteiger partial charge in [0.2, 0.25) is 17.7 Å². The molecule has 2 fully saturated rings. The molecule has 0 unspecified atom stereocenters. The molecule has 1 aromatic heterocycles. The monoisotopic (exact) mass is 521 g/mol. The number of amides is 2. The average Bonchev–Trinajstić information content (AvgIpc) is 3.35. The first kappa shape index (κ1) is 27.7. The Bertz CT molecular complexity index is 1000. The number of benzene rings is 1. The molecular weight excluding hydrogens is 486 g/mol. The molecule has 11 heteroatoms. The number of aryl methyl sites for hydroxylation is 1. The number of methoxy groups -OCH3 is 2. The number of ether oxygens (including phenoxy) is 2. The van der Waals surface area contributed by atoms with E-state index in [1.54, 1.807) is 14.2 Å². The first-order valence-corrected chi connectivity index (χ1v) is 12.4. The summed E-state index contributed by atoms with van der Waals surface area (Å²) in [6, 6.07) is 5.56. The van der Waals surface area contributed by atoms with Gasteiger partial charge in [0, 0.05) is 52.1 Å². The Morgan fingerprint density at radius 2 is 1.61 bits per heavy atom. The first-order chi connectivity index (χ1) is 17.1. The van der Waals surface area contributed by atoms with Crippen LogP contribution in [-0.4, -0.2) is 90.1 Å². The Labute approximate surface area is 218 Å². The van der Waals surface area contributed by atoms with Crippen molar-refractivity contribution in [2.75, 3.05) is 53.5 Å². The van der Waals surface area contributed by atoms with E-state index in [2.05, 4.69) is 15.0 Å². The molecule has 198 valence electrons. The number of piperazine rings is 1. The third-order valence-electron chi connectivity index (χ3n) is 6.66. The highest BCUT2D eigenvalue weighted by Gasteiger charge is 2.23. The molecule has 3 heterocycles. The normalized spacial score (nSPS) is 16.4. The standard InChI is InChI=1S/C25H35N5O5.ClH/c1-33-20-7-6-19(16-21(20)34-2)17-25(32)30-14-12-28(13-15-30)18-22-26-23(35-27-22)8-9-24(31)29-10-4-3-5-11-29;/h6-7,16H,3-5,8-15,17-18H2,1-2H3;1H. The number of likely N-dealkylation sites (tertiary alicyclic amines) is 1. The zero-order valence-corrected chi connectivity index (χ0v) is 21.9. The lowest BCUT2D eigenvalue weighted by molar-refractivity contribution is -0.133. The maximum Gasteiger partial charge on any atom is 0.227 e. The molecule has 2 aromatic rings. The van der Waals surface area contributed by atoms with E-state index in [0.717, 1.165) is 44.6 Å². The molecule has 0 aliphatic carbocycles. The van der Waals surface area contributed by atoms with Crippen LogP contribution in [0.1, 0.15) is 43.0 Å². The van der Waals surface area contributed by atoms with Crippen molar-refractivity contribution >= 4 is 24.2 Å². The predicted molar refractivity (Wildman–Crippen MR) is 135 cm³/mol. The van der Waals surface area contributed by atoms with Crippen molar-refractivity contribution in [1.82, 2.24) is 24.8 Å². The van der Waals surface area contributed by atoms with Crippen LogP contribution in [0.2, 0.25) is 0 Å². The Kier molecular flexibility index (Phi) is 10.4. The summed E-state index contributed by atoms with van der Waals surface area (Å²) < 4.78 is 16.0. The second kappa shape index (κ2) is 13.5. The van der Waals surface area contributed by atoms with Gasteiger partial charge in [-0.25, -0.2) is 0 Å². The Morgan fingerprint density at radius 3 is 2.31 bits per heavy atom.